The molecule has 0 amide bonds. The fraction of sp³-hybridized carbons (Fsp3) is 0.0357. The molecule has 5 rings (SSSR count). The SMILES string of the molecule is C[n+]1c2ccccc2c(C#Cc2ccc(-c3ccccc3)cc2)c2ccccc21. The highest BCUT2D eigenvalue weighted by atomic mass is 14.9. The molecule has 0 radical (unpaired) electrons. The Morgan fingerprint density at radius 2 is 1.03 bits per heavy atom. The van der Waals surface area contributed by atoms with Gasteiger partial charge in [-0.05, 0) is 35.4 Å². The molecule has 0 atom stereocenters. The molecule has 0 saturated carbocycles. The van der Waals surface area contributed by atoms with E-state index in [4.69, 9.17) is 0 Å². The summed E-state index contributed by atoms with van der Waals surface area (Å²) in [5.74, 6) is 6.85. The highest BCUT2D eigenvalue weighted by Crippen LogP contribution is 2.24. The highest BCUT2D eigenvalue weighted by molar-refractivity contribution is 5.97. The Hall–Kier alpha value is -3.89. The van der Waals surface area contributed by atoms with Crippen LogP contribution in [0.1, 0.15) is 11.1 Å². The molecule has 29 heavy (non-hydrogen) atoms. The lowest BCUT2D eigenvalue weighted by atomic mass is 10.0. The van der Waals surface area contributed by atoms with Crippen LogP contribution >= 0.6 is 0 Å². The summed E-state index contributed by atoms with van der Waals surface area (Å²) >= 11 is 0. The third-order valence-electron chi connectivity index (χ3n) is 5.39. The normalized spacial score (nSPS) is 10.7. The van der Waals surface area contributed by atoms with Crippen LogP contribution in [0.3, 0.4) is 0 Å². The number of benzene rings is 4. The van der Waals surface area contributed by atoms with Crippen LogP contribution in [0.15, 0.2) is 103 Å². The van der Waals surface area contributed by atoms with Crippen LogP contribution in [0.2, 0.25) is 0 Å². The molecule has 0 bridgehead atoms. The Balaban J connectivity index is 1.63. The number of aromatic nitrogens is 1. The molecule has 1 heteroatoms. The Bertz CT molecular complexity index is 1330. The van der Waals surface area contributed by atoms with Gasteiger partial charge >= 0.3 is 0 Å². The molecule has 1 nitrogen and oxygen atoms in total. The monoisotopic (exact) mass is 370 g/mol. The van der Waals surface area contributed by atoms with Crippen molar-refractivity contribution in [1.82, 2.24) is 0 Å². The fourth-order valence-corrected chi connectivity index (χ4v) is 3.88. The Morgan fingerprint density at radius 3 is 1.66 bits per heavy atom. The van der Waals surface area contributed by atoms with Crippen molar-refractivity contribution in [3.8, 4) is 23.0 Å². The highest BCUT2D eigenvalue weighted by Gasteiger charge is 2.15. The van der Waals surface area contributed by atoms with Crippen LogP contribution < -0.4 is 4.57 Å². The summed E-state index contributed by atoms with van der Waals surface area (Å²) in [5.41, 5.74) is 6.91. The van der Waals surface area contributed by atoms with E-state index in [1.54, 1.807) is 0 Å². The average molecular weight is 370 g/mol. The molecule has 0 saturated heterocycles. The van der Waals surface area contributed by atoms with E-state index < -0.39 is 0 Å². The molecule has 136 valence electrons. The molecule has 0 aliphatic carbocycles. The fourth-order valence-electron chi connectivity index (χ4n) is 3.88. The van der Waals surface area contributed by atoms with Gasteiger partial charge < -0.3 is 0 Å². The Labute approximate surface area is 170 Å². The van der Waals surface area contributed by atoms with E-state index in [1.165, 1.54) is 32.9 Å². The predicted molar refractivity (Wildman–Crippen MR) is 120 cm³/mol. The first kappa shape index (κ1) is 17.2. The minimum Gasteiger partial charge on any atom is -0.194 e. The van der Waals surface area contributed by atoms with Crippen molar-refractivity contribution in [1.29, 1.82) is 0 Å². The van der Waals surface area contributed by atoms with Crippen molar-refractivity contribution in [2.75, 3.05) is 0 Å². The second kappa shape index (κ2) is 7.26. The summed E-state index contributed by atoms with van der Waals surface area (Å²) < 4.78 is 2.24. The largest absolute Gasteiger partial charge is 0.214 e. The average Bonchev–Trinajstić information content (AvgIpc) is 2.80. The van der Waals surface area contributed by atoms with Crippen LogP contribution in [0.5, 0.6) is 0 Å². The number of para-hydroxylation sites is 2. The predicted octanol–water partition coefficient (Wildman–Crippen LogP) is 5.88. The lowest BCUT2D eigenvalue weighted by Crippen LogP contribution is -2.30. The maximum absolute atomic E-state index is 3.47. The van der Waals surface area contributed by atoms with Gasteiger partial charge in [-0.2, -0.15) is 4.57 Å². The lowest BCUT2D eigenvalue weighted by Gasteiger charge is -2.05. The van der Waals surface area contributed by atoms with Crippen LogP contribution in [0.25, 0.3) is 32.9 Å². The van der Waals surface area contributed by atoms with Gasteiger partial charge in [0.25, 0.3) is 0 Å². The molecular weight excluding hydrogens is 350 g/mol. The number of hydrogen-bond donors (Lipinski definition) is 0. The number of rotatable bonds is 1. The summed E-state index contributed by atoms with van der Waals surface area (Å²) in [7, 11) is 2.12. The number of nitrogens with zero attached hydrogens (tertiary/aromatic N) is 1. The number of fused-ring (bicyclic) bond motifs is 2. The van der Waals surface area contributed by atoms with Crippen molar-refractivity contribution >= 4 is 21.8 Å². The Kier molecular flexibility index (Phi) is 4.31. The maximum Gasteiger partial charge on any atom is 0.214 e. The maximum atomic E-state index is 3.47. The standard InChI is InChI=1S/C28H20N/c1-29-27-13-7-5-11-25(27)24(26-12-6-8-14-28(26)29)20-17-21-15-18-23(19-16-21)22-9-3-2-4-10-22/h2-16,18-19H,1H3/q+1. The Morgan fingerprint density at radius 1 is 0.517 bits per heavy atom. The lowest BCUT2D eigenvalue weighted by molar-refractivity contribution is -0.617. The summed E-state index contributed by atoms with van der Waals surface area (Å²) in [6.45, 7) is 0. The van der Waals surface area contributed by atoms with E-state index >= 15 is 0 Å². The summed E-state index contributed by atoms with van der Waals surface area (Å²) in [6, 6.07) is 35.8. The zero-order valence-electron chi connectivity index (χ0n) is 16.3. The quantitative estimate of drug-likeness (QED) is 0.197. The molecule has 0 unspecified atom stereocenters. The second-order valence-corrected chi connectivity index (χ2v) is 7.16. The van der Waals surface area contributed by atoms with Gasteiger partial charge in [0.2, 0.25) is 11.0 Å². The molecule has 0 spiro atoms. The molecule has 4 aromatic carbocycles. The second-order valence-electron chi connectivity index (χ2n) is 7.16. The van der Waals surface area contributed by atoms with Gasteiger partial charge in [-0.1, -0.05) is 78.6 Å². The zero-order chi connectivity index (χ0) is 19.6. The minimum absolute atomic E-state index is 1.02. The van der Waals surface area contributed by atoms with Gasteiger partial charge in [-0.25, -0.2) is 0 Å². The minimum atomic E-state index is 1.02. The van der Waals surface area contributed by atoms with Crippen molar-refractivity contribution in [2.45, 2.75) is 0 Å². The van der Waals surface area contributed by atoms with E-state index in [1.807, 2.05) is 6.07 Å². The number of pyridine rings is 1. The van der Waals surface area contributed by atoms with E-state index in [0.29, 0.717) is 0 Å². The molecule has 0 aliphatic heterocycles. The zero-order valence-corrected chi connectivity index (χ0v) is 16.3. The van der Waals surface area contributed by atoms with E-state index in [2.05, 4.69) is 121 Å². The van der Waals surface area contributed by atoms with E-state index in [0.717, 1.165) is 11.1 Å². The number of hydrogen-bond acceptors (Lipinski definition) is 0. The van der Waals surface area contributed by atoms with Gasteiger partial charge in [-0.15, -0.1) is 0 Å². The van der Waals surface area contributed by atoms with Crippen LogP contribution in [-0.4, -0.2) is 0 Å². The van der Waals surface area contributed by atoms with Crippen molar-refractivity contribution in [3.63, 3.8) is 0 Å². The van der Waals surface area contributed by atoms with Gasteiger partial charge in [-0.3, -0.25) is 0 Å². The first-order valence-electron chi connectivity index (χ1n) is 9.78. The first-order chi connectivity index (χ1) is 14.3. The number of aryl methyl sites for hydroxylation is 1. The topological polar surface area (TPSA) is 3.88 Å². The van der Waals surface area contributed by atoms with Gasteiger partial charge in [0.05, 0.1) is 16.3 Å². The van der Waals surface area contributed by atoms with Crippen LogP contribution in [0.4, 0.5) is 0 Å². The molecular formula is C28H20N+. The molecule has 1 heterocycles. The molecule has 0 aliphatic rings. The molecule has 5 aromatic rings. The summed E-state index contributed by atoms with van der Waals surface area (Å²) in [6.07, 6.45) is 0. The summed E-state index contributed by atoms with van der Waals surface area (Å²) in [4.78, 5) is 0. The van der Waals surface area contributed by atoms with Gasteiger partial charge in [0, 0.05) is 17.7 Å². The van der Waals surface area contributed by atoms with Crippen molar-refractivity contribution in [3.05, 3.63) is 114 Å². The molecule has 0 N–H and O–H groups in total. The van der Waals surface area contributed by atoms with E-state index in [9.17, 15) is 0 Å². The van der Waals surface area contributed by atoms with Gasteiger partial charge in [0.15, 0.2) is 0 Å². The van der Waals surface area contributed by atoms with Crippen LogP contribution in [0, 0.1) is 11.8 Å². The molecule has 1 aromatic heterocycles. The first-order valence-corrected chi connectivity index (χ1v) is 9.78. The van der Waals surface area contributed by atoms with Crippen molar-refractivity contribution < 1.29 is 4.57 Å². The third-order valence-corrected chi connectivity index (χ3v) is 5.39. The summed E-state index contributed by atoms with van der Waals surface area (Å²) in [5, 5.41) is 2.37. The smallest absolute Gasteiger partial charge is 0.194 e. The molecule has 0 fully saturated rings. The van der Waals surface area contributed by atoms with Gasteiger partial charge in [0.1, 0.15) is 7.05 Å². The third kappa shape index (κ3) is 3.16. The van der Waals surface area contributed by atoms with Crippen LogP contribution in [-0.2, 0) is 7.05 Å². The van der Waals surface area contributed by atoms with E-state index in [-0.39, 0.29) is 0 Å². The van der Waals surface area contributed by atoms with Crippen molar-refractivity contribution in [2.24, 2.45) is 7.05 Å².